The molecule has 0 aromatic carbocycles. The highest BCUT2D eigenvalue weighted by atomic mass is 79.9. The average molecular weight is 258 g/mol. The number of rotatable bonds is 3. The van der Waals surface area contributed by atoms with Crippen molar-refractivity contribution >= 4 is 21.8 Å². The Bertz CT molecular complexity index is 258. The Balaban J connectivity index is 2.08. The number of hydrogen-bond acceptors (Lipinski definition) is 1. The summed E-state index contributed by atoms with van der Waals surface area (Å²) < 4.78 is 0. The van der Waals surface area contributed by atoms with Crippen LogP contribution in [-0.4, -0.2) is 22.2 Å². The van der Waals surface area contributed by atoms with Gasteiger partial charge in [0.2, 0.25) is 5.91 Å². The van der Waals surface area contributed by atoms with E-state index in [4.69, 9.17) is 0 Å². The van der Waals surface area contributed by atoms with Crippen LogP contribution in [0.1, 0.15) is 38.5 Å². The minimum atomic E-state index is 0.237. The van der Waals surface area contributed by atoms with Crippen LogP contribution in [-0.2, 0) is 4.79 Å². The first-order valence-electron chi connectivity index (χ1n) is 5.40. The molecule has 2 rings (SSSR count). The molecule has 0 radical (unpaired) electrons. The first kappa shape index (κ1) is 10.2. The monoisotopic (exact) mass is 257 g/mol. The van der Waals surface area contributed by atoms with E-state index in [0.29, 0.717) is 11.4 Å². The lowest BCUT2D eigenvalue weighted by atomic mass is 10.0. The molecule has 2 nitrogen and oxygen atoms in total. The molecule has 14 heavy (non-hydrogen) atoms. The second-order valence-electron chi connectivity index (χ2n) is 4.07. The second kappa shape index (κ2) is 4.47. The van der Waals surface area contributed by atoms with Crippen molar-refractivity contribution in [2.45, 2.75) is 44.6 Å². The molecule has 3 heteroatoms. The van der Waals surface area contributed by atoms with Gasteiger partial charge < -0.3 is 4.90 Å². The number of amides is 1. The van der Waals surface area contributed by atoms with E-state index < -0.39 is 0 Å². The van der Waals surface area contributed by atoms with Crippen molar-refractivity contribution in [2.75, 3.05) is 5.33 Å². The number of hydrogen-bond donors (Lipinski definition) is 0. The minimum absolute atomic E-state index is 0.237. The fraction of sp³-hybridized carbons (Fsp3) is 0.727. The van der Waals surface area contributed by atoms with Crippen LogP contribution in [0.5, 0.6) is 0 Å². The molecular weight excluding hydrogens is 242 g/mol. The van der Waals surface area contributed by atoms with Gasteiger partial charge in [0.15, 0.2) is 0 Å². The summed E-state index contributed by atoms with van der Waals surface area (Å²) in [6, 6.07) is 0.518. The molecule has 1 saturated carbocycles. The Labute approximate surface area is 93.5 Å². The molecule has 1 amide bonds. The van der Waals surface area contributed by atoms with Gasteiger partial charge in [0.05, 0.1) is 5.33 Å². The zero-order valence-electron chi connectivity index (χ0n) is 8.34. The van der Waals surface area contributed by atoms with Gasteiger partial charge >= 0.3 is 0 Å². The molecule has 0 aromatic heterocycles. The normalized spacial score (nSPS) is 21.6. The summed E-state index contributed by atoms with van der Waals surface area (Å²) in [4.78, 5) is 13.8. The maximum atomic E-state index is 11.7. The van der Waals surface area contributed by atoms with Gasteiger partial charge in [0.1, 0.15) is 0 Å². The lowest BCUT2D eigenvalue weighted by Gasteiger charge is -2.27. The smallest absolute Gasteiger partial charge is 0.237 e. The highest BCUT2D eigenvalue weighted by molar-refractivity contribution is 9.09. The second-order valence-corrected chi connectivity index (χ2v) is 4.63. The van der Waals surface area contributed by atoms with E-state index in [0.717, 1.165) is 12.8 Å². The van der Waals surface area contributed by atoms with Crippen LogP contribution < -0.4 is 0 Å². The van der Waals surface area contributed by atoms with E-state index in [-0.39, 0.29) is 5.91 Å². The van der Waals surface area contributed by atoms with Crippen LogP contribution in [0.4, 0.5) is 0 Å². The molecule has 0 unspecified atom stereocenters. The molecule has 0 bridgehead atoms. The number of nitrogens with zero attached hydrogens (tertiary/aromatic N) is 1. The van der Waals surface area contributed by atoms with Gasteiger partial charge in [-0.25, -0.2) is 0 Å². The van der Waals surface area contributed by atoms with Crippen molar-refractivity contribution in [1.29, 1.82) is 0 Å². The summed E-state index contributed by atoms with van der Waals surface area (Å²) in [5, 5.41) is 0.459. The molecule has 0 saturated heterocycles. The highest BCUT2D eigenvalue weighted by Gasteiger charge is 2.34. The Morgan fingerprint density at radius 3 is 2.79 bits per heavy atom. The van der Waals surface area contributed by atoms with E-state index in [2.05, 4.69) is 22.0 Å². The molecule has 0 aliphatic heterocycles. The zero-order valence-corrected chi connectivity index (χ0v) is 9.92. The van der Waals surface area contributed by atoms with Crippen molar-refractivity contribution < 1.29 is 4.79 Å². The number of halogens is 1. The van der Waals surface area contributed by atoms with Crippen molar-refractivity contribution in [1.82, 2.24) is 4.90 Å². The van der Waals surface area contributed by atoms with Crippen LogP contribution in [0, 0.1) is 0 Å². The van der Waals surface area contributed by atoms with Crippen molar-refractivity contribution in [3.05, 3.63) is 11.8 Å². The number of carbonyl (C=O) groups is 1. The predicted octanol–water partition coefficient (Wildman–Crippen LogP) is 2.83. The minimum Gasteiger partial charge on any atom is -0.313 e. The van der Waals surface area contributed by atoms with Crippen LogP contribution in [0.3, 0.4) is 0 Å². The third-order valence-corrected chi connectivity index (χ3v) is 3.35. The molecule has 78 valence electrons. The molecule has 2 aliphatic rings. The fourth-order valence-corrected chi connectivity index (χ4v) is 2.31. The Morgan fingerprint density at radius 1 is 1.50 bits per heavy atom. The molecule has 0 heterocycles. The standard InChI is InChI=1S/C11H16BrNO/c12-8-11(14)13(10-6-7-10)9-4-2-1-3-5-9/h4,10H,1-3,5-8H2. The molecular formula is C11H16BrNO. The van der Waals surface area contributed by atoms with Crippen LogP contribution >= 0.6 is 15.9 Å². The molecule has 0 N–H and O–H groups in total. The molecule has 0 spiro atoms. The Morgan fingerprint density at radius 2 is 2.29 bits per heavy atom. The SMILES string of the molecule is O=C(CBr)N(C1=CCCCC1)C1CC1. The maximum absolute atomic E-state index is 11.7. The summed E-state index contributed by atoms with van der Waals surface area (Å²) in [6.45, 7) is 0. The molecule has 0 aromatic rings. The summed E-state index contributed by atoms with van der Waals surface area (Å²) >= 11 is 3.26. The third kappa shape index (κ3) is 2.19. The van der Waals surface area contributed by atoms with Crippen LogP contribution in [0.2, 0.25) is 0 Å². The van der Waals surface area contributed by atoms with E-state index in [1.54, 1.807) is 0 Å². The zero-order chi connectivity index (χ0) is 9.97. The van der Waals surface area contributed by atoms with Gasteiger partial charge in [-0.15, -0.1) is 0 Å². The van der Waals surface area contributed by atoms with E-state index in [9.17, 15) is 4.79 Å². The van der Waals surface area contributed by atoms with Gasteiger partial charge in [0.25, 0.3) is 0 Å². The lowest BCUT2D eigenvalue weighted by Crippen LogP contribution is -2.33. The highest BCUT2D eigenvalue weighted by Crippen LogP contribution is 2.33. The topological polar surface area (TPSA) is 20.3 Å². The van der Waals surface area contributed by atoms with E-state index in [1.807, 2.05) is 4.90 Å². The summed E-state index contributed by atoms with van der Waals surface area (Å²) in [5.41, 5.74) is 1.28. The summed E-state index contributed by atoms with van der Waals surface area (Å²) in [7, 11) is 0. The van der Waals surface area contributed by atoms with E-state index in [1.165, 1.54) is 31.4 Å². The fourth-order valence-electron chi connectivity index (χ4n) is 2.04. The molecule has 1 fully saturated rings. The van der Waals surface area contributed by atoms with Gasteiger partial charge in [-0.1, -0.05) is 22.0 Å². The third-order valence-electron chi connectivity index (χ3n) is 2.87. The summed E-state index contributed by atoms with van der Waals surface area (Å²) in [6.07, 6.45) is 9.40. The molecule has 2 aliphatic carbocycles. The summed E-state index contributed by atoms with van der Waals surface area (Å²) in [5.74, 6) is 0.237. The average Bonchev–Trinajstić information content (AvgIpc) is 3.04. The number of alkyl halides is 1. The Hall–Kier alpha value is -0.310. The van der Waals surface area contributed by atoms with Crippen molar-refractivity contribution in [3.8, 4) is 0 Å². The quantitative estimate of drug-likeness (QED) is 0.713. The number of carbonyl (C=O) groups excluding carboxylic acids is 1. The maximum Gasteiger partial charge on any atom is 0.237 e. The largest absolute Gasteiger partial charge is 0.313 e. The van der Waals surface area contributed by atoms with Crippen molar-refractivity contribution in [3.63, 3.8) is 0 Å². The van der Waals surface area contributed by atoms with Gasteiger partial charge in [-0.05, 0) is 38.5 Å². The van der Waals surface area contributed by atoms with Crippen LogP contribution in [0.15, 0.2) is 11.8 Å². The van der Waals surface area contributed by atoms with Gasteiger partial charge in [-0.2, -0.15) is 0 Å². The lowest BCUT2D eigenvalue weighted by molar-refractivity contribution is -0.127. The van der Waals surface area contributed by atoms with Crippen LogP contribution in [0.25, 0.3) is 0 Å². The number of allylic oxidation sites excluding steroid dienone is 2. The molecule has 0 atom stereocenters. The van der Waals surface area contributed by atoms with E-state index >= 15 is 0 Å². The first-order valence-corrected chi connectivity index (χ1v) is 6.52. The first-order chi connectivity index (χ1) is 6.83. The Kier molecular flexibility index (Phi) is 3.26. The van der Waals surface area contributed by atoms with Gasteiger partial charge in [-0.3, -0.25) is 4.79 Å². The van der Waals surface area contributed by atoms with Gasteiger partial charge in [0, 0.05) is 11.7 Å². The van der Waals surface area contributed by atoms with Crippen molar-refractivity contribution in [2.24, 2.45) is 0 Å². The predicted molar refractivity (Wildman–Crippen MR) is 60.2 cm³/mol.